The van der Waals surface area contributed by atoms with Gasteiger partial charge in [0.05, 0.1) is 12.0 Å². The van der Waals surface area contributed by atoms with E-state index in [1.807, 2.05) is 32.0 Å². The van der Waals surface area contributed by atoms with E-state index in [2.05, 4.69) is 11.4 Å². The first-order valence-electron chi connectivity index (χ1n) is 9.91. The topological polar surface area (TPSA) is 79.0 Å². The maximum absolute atomic E-state index is 12.5. The van der Waals surface area contributed by atoms with E-state index >= 15 is 0 Å². The van der Waals surface area contributed by atoms with Crippen molar-refractivity contribution in [1.29, 1.82) is 0 Å². The van der Waals surface area contributed by atoms with Crippen molar-refractivity contribution in [1.82, 2.24) is 13.9 Å². The molecule has 1 aromatic rings. The van der Waals surface area contributed by atoms with E-state index in [1.165, 1.54) is 28.3 Å². The van der Waals surface area contributed by atoms with Crippen molar-refractivity contribution in [2.75, 3.05) is 33.7 Å². The number of hydrogen-bond acceptors (Lipinski definition) is 4. The molecule has 1 aliphatic heterocycles. The van der Waals surface area contributed by atoms with Gasteiger partial charge in [0.25, 0.3) is 10.2 Å². The van der Waals surface area contributed by atoms with Gasteiger partial charge in [0, 0.05) is 33.7 Å². The van der Waals surface area contributed by atoms with Crippen molar-refractivity contribution in [3.8, 4) is 5.75 Å². The van der Waals surface area contributed by atoms with Crippen LogP contribution in [0.3, 0.4) is 0 Å². The summed E-state index contributed by atoms with van der Waals surface area (Å²) < 4.78 is 32.9. The fourth-order valence-electron chi connectivity index (χ4n) is 3.29. The predicted octanol–water partition coefficient (Wildman–Crippen LogP) is 2.04. The van der Waals surface area contributed by atoms with Crippen molar-refractivity contribution in [2.24, 2.45) is 5.92 Å². The van der Waals surface area contributed by atoms with Crippen LogP contribution in [0.15, 0.2) is 24.3 Å². The summed E-state index contributed by atoms with van der Waals surface area (Å²) in [7, 11) is -0.437. The molecule has 0 radical (unpaired) electrons. The summed E-state index contributed by atoms with van der Waals surface area (Å²) >= 11 is 0. The second-order valence-electron chi connectivity index (χ2n) is 7.70. The molecule has 1 amide bonds. The minimum absolute atomic E-state index is 0.0597. The minimum atomic E-state index is -3.47. The molecule has 8 heteroatoms. The number of carbonyl (C=O) groups is 1. The van der Waals surface area contributed by atoms with E-state index < -0.39 is 10.2 Å². The molecule has 0 aromatic heterocycles. The Morgan fingerprint density at radius 3 is 2.79 bits per heavy atom. The highest BCUT2D eigenvalue weighted by molar-refractivity contribution is 7.86. The first-order chi connectivity index (χ1) is 13.2. The molecule has 1 heterocycles. The monoisotopic (exact) mass is 411 g/mol. The van der Waals surface area contributed by atoms with Gasteiger partial charge in [-0.05, 0) is 57.2 Å². The molecule has 1 aliphatic rings. The van der Waals surface area contributed by atoms with Crippen LogP contribution < -0.4 is 10.1 Å². The normalized spacial score (nSPS) is 18.4. The van der Waals surface area contributed by atoms with Gasteiger partial charge in [0.2, 0.25) is 5.91 Å². The van der Waals surface area contributed by atoms with Gasteiger partial charge in [-0.25, -0.2) is 0 Å². The van der Waals surface area contributed by atoms with Crippen molar-refractivity contribution in [2.45, 2.75) is 45.6 Å². The van der Waals surface area contributed by atoms with Crippen LogP contribution in [-0.4, -0.2) is 62.8 Å². The molecule has 0 bridgehead atoms. The molecular weight excluding hydrogens is 378 g/mol. The average molecular weight is 412 g/mol. The molecule has 2 rings (SSSR count). The van der Waals surface area contributed by atoms with Gasteiger partial charge in [-0.3, -0.25) is 4.79 Å². The van der Waals surface area contributed by atoms with Crippen LogP contribution >= 0.6 is 0 Å². The summed E-state index contributed by atoms with van der Waals surface area (Å²) in [5.41, 5.74) is 1.17. The van der Waals surface area contributed by atoms with Crippen LogP contribution in [0.2, 0.25) is 0 Å². The number of benzene rings is 1. The number of ether oxygens (including phenoxy) is 1. The first-order valence-corrected chi connectivity index (χ1v) is 11.3. The van der Waals surface area contributed by atoms with Crippen LogP contribution in [0.1, 0.15) is 38.7 Å². The van der Waals surface area contributed by atoms with Gasteiger partial charge in [-0.15, -0.1) is 0 Å². The number of rotatable bonds is 9. The number of piperidine rings is 1. The highest BCUT2D eigenvalue weighted by atomic mass is 32.2. The maximum Gasteiger partial charge on any atom is 0.281 e. The van der Waals surface area contributed by atoms with Gasteiger partial charge in [-0.2, -0.15) is 17.0 Å². The molecule has 1 fully saturated rings. The van der Waals surface area contributed by atoms with Crippen LogP contribution in [0.25, 0.3) is 0 Å². The highest BCUT2D eigenvalue weighted by Gasteiger charge is 2.33. The van der Waals surface area contributed by atoms with Crippen molar-refractivity contribution in [3.05, 3.63) is 29.8 Å². The number of nitrogens with one attached hydrogen (secondary N) is 1. The number of hydrogen-bond donors (Lipinski definition) is 1. The summed E-state index contributed by atoms with van der Waals surface area (Å²) in [6.45, 7) is 5.29. The molecule has 1 saturated heterocycles. The lowest BCUT2D eigenvalue weighted by Crippen LogP contribution is -2.48. The van der Waals surface area contributed by atoms with Gasteiger partial charge >= 0.3 is 0 Å². The smallest absolute Gasteiger partial charge is 0.281 e. The minimum Gasteiger partial charge on any atom is -0.491 e. The Morgan fingerprint density at radius 1 is 1.36 bits per heavy atom. The average Bonchev–Trinajstić information content (AvgIpc) is 2.65. The molecule has 0 aliphatic carbocycles. The Balaban J connectivity index is 1.78. The van der Waals surface area contributed by atoms with E-state index in [9.17, 15) is 13.2 Å². The molecule has 0 spiro atoms. The SMILES string of the molecule is CC(C)Oc1cccc(CCCNC(=O)[C@H]2CCCN(S(=O)(=O)N(C)C)C2)c1. The van der Waals surface area contributed by atoms with Crippen molar-refractivity contribution >= 4 is 16.1 Å². The number of amides is 1. The van der Waals surface area contributed by atoms with Crippen LogP contribution in [0.4, 0.5) is 0 Å². The zero-order valence-electron chi connectivity index (χ0n) is 17.3. The van der Waals surface area contributed by atoms with E-state index in [0.29, 0.717) is 19.5 Å². The lowest BCUT2D eigenvalue weighted by molar-refractivity contribution is -0.126. The number of aryl methyl sites for hydroxylation is 1. The van der Waals surface area contributed by atoms with E-state index in [1.54, 1.807) is 0 Å². The summed E-state index contributed by atoms with van der Waals surface area (Å²) in [6.07, 6.45) is 3.24. The lowest BCUT2D eigenvalue weighted by Gasteiger charge is -2.32. The van der Waals surface area contributed by atoms with Crippen LogP contribution in [0, 0.1) is 5.92 Å². The third kappa shape index (κ3) is 6.46. The zero-order valence-corrected chi connectivity index (χ0v) is 18.2. The van der Waals surface area contributed by atoms with Crippen LogP contribution in [-0.2, 0) is 21.4 Å². The second kappa shape index (κ2) is 10.2. The second-order valence-corrected chi connectivity index (χ2v) is 9.84. The Bertz CT molecular complexity index is 750. The van der Waals surface area contributed by atoms with Crippen molar-refractivity contribution < 1.29 is 17.9 Å². The van der Waals surface area contributed by atoms with Gasteiger partial charge in [0.15, 0.2) is 0 Å². The van der Waals surface area contributed by atoms with E-state index in [-0.39, 0.29) is 24.5 Å². The Labute approximate surface area is 169 Å². The summed E-state index contributed by atoms with van der Waals surface area (Å²) in [4.78, 5) is 12.5. The maximum atomic E-state index is 12.5. The predicted molar refractivity (Wildman–Crippen MR) is 110 cm³/mol. The summed E-state index contributed by atoms with van der Waals surface area (Å²) in [5.74, 6) is 0.516. The largest absolute Gasteiger partial charge is 0.491 e. The quantitative estimate of drug-likeness (QED) is 0.631. The Kier molecular flexibility index (Phi) is 8.27. The zero-order chi connectivity index (χ0) is 20.7. The fourth-order valence-corrected chi connectivity index (χ4v) is 4.48. The summed E-state index contributed by atoms with van der Waals surface area (Å²) in [5, 5.41) is 2.97. The third-order valence-corrected chi connectivity index (χ3v) is 6.66. The molecule has 28 heavy (non-hydrogen) atoms. The fraction of sp³-hybridized carbons (Fsp3) is 0.650. The molecule has 158 valence electrons. The molecule has 7 nitrogen and oxygen atoms in total. The lowest BCUT2D eigenvalue weighted by atomic mass is 9.99. The first kappa shape index (κ1) is 22.6. The van der Waals surface area contributed by atoms with Gasteiger partial charge in [-0.1, -0.05) is 12.1 Å². The molecule has 1 N–H and O–H groups in total. The molecule has 1 aromatic carbocycles. The van der Waals surface area contributed by atoms with Gasteiger partial charge in [0.1, 0.15) is 5.75 Å². The van der Waals surface area contributed by atoms with Crippen molar-refractivity contribution in [3.63, 3.8) is 0 Å². The highest BCUT2D eigenvalue weighted by Crippen LogP contribution is 2.20. The molecular formula is C20H33N3O4S. The Hall–Kier alpha value is -1.64. The summed E-state index contributed by atoms with van der Waals surface area (Å²) in [6, 6.07) is 8.02. The molecule has 1 atom stereocenters. The number of nitrogens with zero attached hydrogens (tertiary/aromatic N) is 2. The van der Waals surface area contributed by atoms with Gasteiger partial charge < -0.3 is 10.1 Å². The standard InChI is InChI=1S/C20H33N3O4S/c1-16(2)27-19-11-5-8-17(14-19)9-6-12-21-20(24)18-10-7-13-23(15-18)28(25,26)22(3)4/h5,8,11,14,16,18H,6-7,9-10,12-13,15H2,1-4H3,(H,21,24)/t18-/m0/s1. The third-order valence-electron chi connectivity index (χ3n) is 4.75. The van der Waals surface area contributed by atoms with E-state index in [4.69, 9.17) is 4.74 Å². The molecule has 0 unspecified atom stereocenters. The van der Waals surface area contributed by atoms with Crippen LogP contribution in [0.5, 0.6) is 5.75 Å². The Morgan fingerprint density at radius 2 is 2.11 bits per heavy atom. The molecule has 0 saturated carbocycles. The number of carbonyl (C=O) groups excluding carboxylic acids is 1. The van der Waals surface area contributed by atoms with E-state index in [0.717, 1.165) is 25.0 Å².